The average molecular weight is 1280 g/mol. The number of thiocarbonyl (C=S) groups is 1. The average Bonchev–Trinajstić information content (AvgIpc) is 3.31. The number of carbonyl (C=O) groups excluding carboxylic acids is 3. The highest BCUT2D eigenvalue weighted by molar-refractivity contribution is 8.78. The Morgan fingerprint density at radius 3 is 1.45 bits per heavy atom. The van der Waals surface area contributed by atoms with Gasteiger partial charge in [-0.15, -0.1) is 0 Å². The topological polar surface area (TPSA) is 149 Å². The number of aldehydes is 1. The Kier molecular flexibility index (Phi) is 39.6. The van der Waals surface area contributed by atoms with Crippen LogP contribution < -0.4 is 21.3 Å². The van der Waals surface area contributed by atoms with E-state index >= 15 is 0 Å². The highest BCUT2D eigenvalue weighted by Crippen LogP contribution is 2.23. The molecule has 0 aromatic heterocycles. The summed E-state index contributed by atoms with van der Waals surface area (Å²) in [6, 6.07) is 25.4. The summed E-state index contributed by atoms with van der Waals surface area (Å²) >= 11 is 14.4. The maximum atomic E-state index is 11.4. The molecule has 64 heavy (non-hydrogen) atoms. The van der Waals surface area contributed by atoms with Crippen LogP contribution >= 0.6 is 12.2 Å². The number of aromatic hydroxyl groups is 1. The molecule has 0 spiro atoms. The van der Waals surface area contributed by atoms with Crippen LogP contribution in [0.15, 0.2) is 91.0 Å². The Labute approximate surface area is 440 Å². The number of hydrogen-bond acceptors (Lipinski definition) is 11. The van der Waals surface area contributed by atoms with Gasteiger partial charge in [-0.1, -0.05) is 30.3 Å². The predicted octanol–water partition coefficient (Wildman–Crippen LogP) is 5.67. The Balaban J connectivity index is 0.000000439. The summed E-state index contributed by atoms with van der Waals surface area (Å²) in [5, 5.41) is 12.3. The van der Waals surface area contributed by atoms with Crippen molar-refractivity contribution in [2.45, 2.75) is 13.8 Å². The van der Waals surface area contributed by atoms with E-state index in [4.69, 9.17) is 50.3 Å². The van der Waals surface area contributed by atoms with Crippen LogP contribution in [0, 0.1) is 13.8 Å². The largest absolute Gasteiger partial charge is 0.508 e. The van der Waals surface area contributed by atoms with Crippen molar-refractivity contribution < 1.29 is 33.7 Å². The van der Waals surface area contributed by atoms with Crippen LogP contribution in [0.25, 0.3) is 0 Å². The van der Waals surface area contributed by atoms with E-state index in [9.17, 15) is 14.4 Å². The molecule has 0 fully saturated rings. The number of hydrazine groups is 1. The molecule has 32 heteroatoms. The molecule has 0 aliphatic rings. The van der Waals surface area contributed by atoms with Crippen LogP contribution in [0.1, 0.15) is 42.2 Å². The monoisotopic (exact) mass is 1270 g/mol. The molecule has 4 aromatic rings. The second-order valence-corrected chi connectivity index (χ2v) is 44.1. The second-order valence-electron chi connectivity index (χ2n) is 10.0. The Hall–Kier alpha value is -0.640. The molecule has 4 rings (SSSR count). The number of hydrogen-bond donors (Lipinski definition) is 4. The van der Waals surface area contributed by atoms with E-state index in [0.29, 0.717) is 33.3 Å². The zero-order valence-corrected chi connectivity index (χ0v) is 50.7. The summed E-state index contributed by atoms with van der Waals surface area (Å²) in [5.41, 5.74) is 7.10. The molecule has 0 aliphatic carbocycles. The smallest absolute Gasteiger partial charge is 0.337 e. The Bertz CT molecular complexity index is 3050. The number of esters is 2. The van der Waals surface area contributed by atoms with E-state index in [1.807, 2.05) is 18.2 Å². The van der Waals surface area contributed by atoms with E-state index in [-0.39, 0.29) is 5.75 Å². The van der Waals surface area contributed by atoms with E-state index in [1.54, 1.807) is 212 Å². The molecule has 0 unspecified atom stereocenters. The molecule has 0 radical (unpaired) electrons. The van der Waals surface area contributed by atoms with Crippen LogP contribution in [0.3, 0.4) is 0 Å². The fraction of sp³-hybridized carbons (Fsp3) is 0.125. The molecule has 350 valence electrons. The molecule has 0 heterocycles. The van der Waals surface area contributed by atoms with Crippen molar-refractivity contribution in [3.05, 3.63) is 119 Å². The van der Waals surface area contributed by atoms with Gasteiger partial charge in [0.2, 0.25) is 0 Å². The first-order valence-electron chi connectivity index (χ1n) is 16.1. The summed E-state index contributed by atoms with van der Waals surface area (Å²) in [4.78, 5) is 32.9. The number of benzene rings is 4. The molecule has 0 bridgehead atoms. The predicted molar refractivity (Wildman–Crippen MR) is 323 cm³/mol. The molecule has 0 aliphatic heterocycles. The lowest BCUT2D eigenvalue weighted by atomic mass is 10.1. The van der Waals surface area contributed by atoms with Crippen molar-refractivity contribution in [2.75, 3.05) is 19.5 Å². The first kappa shape index (κ1) is 61.4. The van der Waals surface area contributed by atoms with Gasteiger partial charge in [0.1, 0.15) is 23.5 Å². The van der Waals surface area contributed by atoms with Gasteiger partial charge >= 0.3 is 11.9 Å². The summed E-state index contributed by atoms with van der Waals surface area (Å²) in [7, 11) is 35.3. The van der Waals surface area contributed by atoms with Crippen molar-refractivity contribution in [2.24, 2.45) is 5.84 Å². The van der Waals surface area contributed by atoms with E-state index in [2.05, 4.69) is 34.1 Å². The number of nitrogens with one attached hydrogen (secondary N) is 2. The second kappa shape index (κ2) is 41.3. The van der Waals surface area contributed by atoms with Gasteiger partial charge in [-0.05, 0) is 97.9 Å². The minimum Gasteiger partial charge on any atom is -0.508 e. The first-order chi connectivity index (χ1) is 31.0. The first-order valence-corrected chi connectivity index (χ1v) is 43.1. The van der Waals surface area contributed by atoms with Gasteiger partial charge in [0.15, 0.2) is 5.11 Å². The minimum absolute atomic E-state index is 0.0629. The quantitative estimate of drug-likeness (QED) is 0.0619. The number of carbonyl (C=O) groups is 3. The molecule has 5 N–H and O–H groups in total. The van der Waals surface area contributed by atoms with Gasteiger partial charge in [-0.2, -0.15) is 0 Å². The Morgan fingerprint density at radius 2 is 1.03 bits per heavy atom. The number of nitrogens with two attached hydrogens (primary N) is 1. The third-order valence-electron chi connectivity index (χ3n) is 6.15. The Morgan fingerprint density at radius 1 is 0.594 bits per heavy atom. The standard InChI is InChI=1S/C15H12O4.C9H13N3S.C8H8O3.S21/c1-18-15(17)12-5-3-7-14(9-12)19-13-6-2-4-11(8-13)10-16;1-6-3-4-8(5-7(6)2)11-9(13)12-10;1-11-8(10)6-3-2-4-7(9)5-6;1-3-5-7-9-11-13-15-17-19-21-20-18-16-14-12-10-8-6-4-2/h2-10H,1H3;3-5H,10H2,1-2H3,(H2,11,12,13);2-5,9H,1H3;. The van der Waals surface area contributed by atoms with Crippen LogP contribution in [0.5, 0.6) is 17.2 Å². The fourth-order valence-electron chi connectivity index (χ4n) is 3.52. The lowest BCUT2D eigenvalue weighted by Gasteiger charge is -2.08. The minimum atomic E-state index is -0.444. The van der Waals surface area contributed by atoms with Crippen molar-refractivity contribution in [1.29, 1.82) is 0 Å². The maximum absolute atomic E-state index is 11.4. The number of anilines is 1. The van der Waals surface area contributed by atoms with Crippen LogP contribution in [-0.4, -0.2) is 42.7 Å². The van der Waals surface area contributed by atoms with Crippen molar-refractivity contribution in [1.82, 2.24) is 5.43 Å². The van der Waals surface area contributed by atoms with Gasteiger partial charge < -0.3 is 30.1 Å². The lowest BCUT2D eigenvalue weighted by Crippen LogP contribution is -2.34. The summed E-state index contributed by atoms with van der Waals surface area (Å²) < 4.78 is 14.7. The SMILES string of the molecule is COC(=O)c1cccc(O)c1.COC(=O)c1cccc(Oc2cccc(C=O)c2)c1.Cc1ccc(NC(=S)NN)cc1C.S=S=S=S=S=S=S=S=S=S=S=S=S=S=S=S=S=S=S=S=S. The summed E-state index contributed by atoms with van der Waals surface area (Å²) in [6.45, 7) is 4.12. The molecule has 0 saturated heterocycles. The number of phenolic OH excluding ortho intramolecular Hbond substituents is 1. The molecular weight excluding hydrogens is 1240 g/mol. The number of methoxy groups -OCH3 is 2. The van der Waals surface area contributed by atoms with Crippen LogP contribution in [0.2, 0.25) is 0 Å². The zero-order valence-electron chi connectivity index (χ0n) is 32.7. The van der Waals surface area contributed by atoms with Gasteiger partial charge in [0, 0.05) is 202 Å². The number of rotatable bonds is 6. The molecule has 0 atom stereocenters. The molecular formula is C32H33N3O7S22. The van der Waals surface area contributed by atoms with E-state index < -0.39 is 11.9 Å². The highest BCUT2D eigenvalue weighted by atomic mass is 33.5. The molecule has 4 aromatic carbocycles. The summed E-state index contributed by atoms with van der Waals surface area (Å²) in [6.07, 6.45) is 0.748. The normalized spacial score (nSPS) is 8.83. The molecule has 10 nitrogen and oxygen atoms in total. The van der Waals surface area contributed by atoms with Crippen molar-refractivity contribution >= 4 is 232 Å². The fourth-order valence-corrected chi connectivity index (χ4v) is 50.3. The lowest BCUT2D eigenvalue weighted by molar-refractivity contribution is 0.0591. The van der Waals surface area contributed by atoms with Gasteiger partial charge in [0.05, 0.1) is 25.3 Å². The van der Waals surface area contributed by atoms with Crippen LogP contribution in [0.4, 0.5) is 5.69 Å². The van der Waals surface area contributed by atoms with Crippen molar-refractivity contribution in [3.63, 3.8) is 0 Å². The third kappa shape index (κ3) is 31.4. The van der Waals surface area contributed by atoms with Gasteiger partial charge in [-0.25, -0.2) is 15.4 Å². The van der Waals surface area contributed by atoms with E-state index in [1.165, 1.54) is 55.2 Å². The van der Waals surface area contributed by atoms with E-state index in [0.717, 1.165) is 12.0 Å². The van der Waals surface area contributed by atoms with Gasteiger partial charge in [-0.3, -0.25) is 4.79 Å². The van der Waals surface area contributed by atoms with Crippen molar-refractivity contribution in [3.8, 4) is 17.2 Å². The maximum Gasteiger partial charge on any atom is 0.337 e. The third-order valence-corrected chi connectivity index (χ3v) is 46.4. The molecule has 0 amide bonds. The number of phenols is 1. The van der Waals surface area contributed by atoms with Gasteiger partial charge in [0.25, 0.3) is 0 Å². The highest BCUT2D eigenvalue weighted by Gasteiger charge is 2.07. The summed E-state index contributed by atoms with van der Waals surface area (Å²) in [5.74, 6) is 5.37. The molecule has 0 saturated carbocycles. The number of aryl methyl sites for hydroxylation is 2. The number of ether oxygens (including phenoxy) is 3. The van der Waals surface area contributed by atoms with Crippen LogP contribution in [-0.2, 0) is 201 Å². The zero-order chi connectivity index (χ0) is 47.2.